The molecule has 2 heterocycles. The van der Waals surface area contributed by atoms with Gasteiger partial charge in [0.05, 0.1) is 11.6 Å². The highest BCUT2D eigenvalue weighted by atomic mass is 16.3. The number of aryl methyl sites for hydroxylation is 2. The highest BCUT2D eigenvalue weighted by Gasteiger charge is 2.31. The minimum atomic E-state index is -0.219. The number of hydrogen-bond acceptors (Lipinski definition) is 6. The van der Waals surface area contributed by atoms with Gasteiger partial charge in [-0.3, -0.25) is 9.69 Å². The van der Waals surface area contributed by atoms with E-state index in [0.717, 1.165) is 41.6 Å². The van der Waals surface area contributed by atoms with Crippen LogP contribution in [0, 0.1) is 13.8 Å². The van der Waals surface area contributed by atoms with Gasteiger partial charge in [0.2, 0.25) is 0 Å². The van der Waals surface area contributed by atoms with Crippen molar-refractivity contribution in [2.24, 2.45) is 0 Å². The lowest BCUT2D eigenvalue weighted by Gasteiger charge is -2.33. The maximum Gasteiger partial charge on any atom is 0.252 e. The Labute approximate surface area is 196 Å². The SMILES string of the molecule is CCC[C@H](c1nnnn1C(C)(C)CC)N(CCCO)Cc1cc2cc(C)c(C)cc2[nH]c1=O. The number of pyridine rings is 1. The van der Waals surface area contributed by atoms with Crippen LogP contribution in [0.5, 0.6) is 0 Å². The zero-order valence-electron chi connectivity index (χ0n) is 20.9. The van der Waals surface area contributed by atoms with Crippen molar-refractivity contribution in [3.8, 4) is 0 Å². The minimum Gasteiger partial charge on any atom is -0.396 e. The summed E-state index contributed by atoms with van der Waals surface area (Å²) in [6.07, 6.45) is 3.31. The lowest BCUT2D eigenvalue weighted by Crippen LogP contribution is -2.37. The normalized spacial score (nSPS) is 13.2. The molecule has 2 aromatic heterocycles. The number of aromatic amines is 1. The Morgan fingerprint density at radius 2 is 1.91 bits per heavy atom. The maximum absolute atomic E-state index is 13.0. The predicted octanol–water partition coefficient (Wildman–Crippen LogP) is 4.00. The van der Waals surface area contributed by atoms with Gasteiger partial charge in [0.25, 0.3) is 5.56 Å². The van der Waals surface area contributed by atoms with E-state index in [4.69, 9.17) is 0 Å². The van der Waals surface area contributed by atoms with Gasteiger partial charge in [-0.05, 0) is 92.1 Å². The summed E-state index contributed by atoms with van der Waals surface area (Å²) in [7, 11) is 0. The Kier molecular flexibility index (Phi) is 8.02. The van der Waals surface area contributed by atoms with Crippen molar-refractivity contribution in [2.75, 3.05) is 13.2 Å². The first kappa shape index (κ1) is 25.1. The van der Waals surface area contributed by atoms with Gasteiger partial charge >= 0.3 is 0 Å². The molecule has 8 heteroatoms. The molecule has 0 aliphatic carbocycles. The third kappa shape index (κ3) is 5.50. The number of aromatic nitrogens is 5. The maximum atomic E-state index is 13.0. The second-order valence-corrected chi connectivity index (χ2v) is 9.61. The van der Waals surface area contributed by atoms with E-state index in [1.807, 2.05) is 16.8 Å². The van der Waals surface area contributed by atoms with Crippen LogP contribution in [0.4, 0.5) is 0 Å². The monoisotopic (exact) mass is 454 g/mol. The van der Waals surface area contributed by atoms with E-state index < -0.39 is 0 Å². The van der Waals surface area contributed by atoms with Crippen LogP contribution in [-0.4, -0.2) is 48.3 Å². The van der Waals surface area contributed by atoms with Crippen LogP contribution in [-0.2, 0) is 12.1 Å². The fraction of sp³-hybridized carbons (Fsp3) is 0.600. The number of nitrogens with zero attached hydrogens (tertiary/aromatic N) is 5. The average molecular weight is 455 g/mol. The van der Waals surface area contributed by atoms with Crippen molar-refractivity contribution >= 4 is 10.9 Å². The van der Waals surface area contributed by atoms with Gasteiger partial charge in [0.1, 0.15) is 0 Å². The van der Waals surface area contributed by atoms with Crippen molar-refractivity contribution < 1.29 is 5.11 Å². The molecule has 180 valence electrons. The van der Waals surface area contributed by atoms with E-state index in [1.165, 1.54) is 5.56 Å². The Balaban J connectivity index is 2.04. The van der Waals surface area contributed by atoms with Gasteiger partial charge in [-0.25, -0.2) is 4.68 Å². The van der Waals surface area contributed by atoms with E-state index in [0.29, 0.717) is 25.1 Å². The molecule has 3 aromatic rings. The number of hydrogen-bond donors (Lipinski definition) is 2. The fourth-order valence-electron chi connectivity index (χ4n) is 4.21. The smallest absolute Gasteiger partial charge is 0.252 e. The van der Waals surface area contributed by atoms with Crippen molar-refractivity contribution in [2.45, 2.75) is 85.4 Å². The highest BCUT2D eigenvalue weighted by molar-refractivity contribution is 5.80. The molecule has 3 rings (SSSR count). The fourth-order valence-corrected chi connectivity index (χ4v) is 4.21. The first-order valence-electron chi connectivity index (χ1n) is 12.0. The third-order valence-electron chi connectivity index (χ3n) is 6.75. The van der Waals surface area contributed by atoms with Gasteiger partial charge in [-0.2, -0.15) is 0 Å². The molecule has 0 fully saturated rings. The Morgan fingerprint density at radius 3 is 2.58 bits per heavy atom. The van der Waals surface area contributed by atoms with Crippen molar-refractivity contribution in [1.82, 2.24) is 30.1 Å². The van der Waals surface area contributed by atoms with Crippen LogP contribution in [0.25, 0.3) is 10.9 Å². The first-order chi connectivity index (χ1) is 15.7. The van der Waals surface area contributed by atoms with Crippen LogP contribution >= 0.6 is 0 Å². The molecule has 0 spiro atoms. The summed E-state index contributed by atoms with van der Waals surface area (Å²) in [5.41, 5.74) is 3.62. The molecule has 1 atom stereocenters. The quantitative estimate of drug-likeness (QED) is 0.454. The molecular formula is C25H38N6O2. The number of nitrogens with one attached hydrogen (secondary N) is 1. The third-order valence-corrected chi connectivity index (χ3v) is 6.75. The molecule has 0 radical (unpaired) electrons. The number of benzene rings is 1. The molecular weight excluding hydrogens is 416 g/mol. The molecule has 0 unspecified atom stereocenters. The molecule has 33 heavy (non-hydrogen) atoms. The predicted molar refractivity (Wildman–Crippen MR) is 131 cm³/mol. The van der Waals surface area contributed by atoms with Crippen LogP contribution < -0.4 is 5.56 Å². The van der Waals surface area contributed by atoms with Crippen LogP contribution in [0.3, 0.4) is 0 Å². The van der Waals surface area contributed by atoms with Gasteiger partial charge < -0.3 is 10.1 Å². The standard InChI is InChI=1S/C25H38N6O2/c1-7-10-22(23-27-28-29-31(23)25(5,6)8-2)30(11-9-12-32)16-20-15-19-13-17(3)18(4)14-21(19)26-24(20)33/h13-15,22,32H,7-12,16H2,1-6H3,(H,26,33)/t22-/m1/s1. The number of H-pyrrole nitrogens is 1. The molecule has 1 aromatic carbocycles. The second kappa shape index (κ2) is 10.6. The Bertz CT molecular complexity index is 1130. The molecule has 0 saturated carbocycles. The van der Waals surface area contributed by atoms with E-state index in [1.54, 1.807) is 0 Å². The molecule has 0 amide bonds. The minimum absolute atomic E-state index is 0.0581. The summed E-state index contributed by atoms with van der Waals surface area (Å²) in [6.45, 7) is 13.9. The molecule has 0 saturated heterocycles. The zero-order chi connectivity index (χ0) is 24.2. The number of aliphatic hydroxyl groups is 1. The number of tetrazole rings is 1. The number of fused-ring (bicyclic) bond motifs is 1. The Morgan fingerprint density at radius 1 is 1.18 bits per heavy atom. The van der Waals surface area contributed by atoms with E-state index >= 15 is 0 Å². The summed E-state index contributed by atoms with van der Waals surface area (Å²) in [4.78, 5) is 18.3. The highest BCUT2D eigenvalue weighted by Crippen LogP contribution is 2.30. The van der Waals surface area contributed by atoms with Gasteiger partial charge in [-0.1, -0.05) is 20.3 Å². The summed E-state index contributed by atoms with van der Waals surface area (Å²) in [5.74, 6) is 0.810. The van der Waals surface area contributed by atoms with Gasteiger partial charge in [0, 0.05) is 30.8 Å². The van der Waals surface area contributed by atoms with E-state index in [9.17, 15) is 9.90 Å². The van der Waals surface area contributed by atoms with Crippen LogP contribution in [0.1, 0.15) is 81.9 Å². The van der Waals surface area contributed by atoms with Crippen LogP contribution in [0.15, 0.2) is 23.0 Å². The molecule has 2 N–H and O–H groups in total. The molecule has 8 nitrogen and oxygen atoms in total. The summed E-state index contributed by atoms with van der Waals surface area (Å²) in [6, 6.07) is 6.09. The summed E-state index contributed by atoms with van der Waals surface area (Å²) < 4.78 is 1.93. The molecule has 0 aliphatic rings. The molecule has 0 aliphatic heterocycles. The van der Waals surface area contributed by atoms with Crippen molar-refractivity contribution in [1.29, 1.82) is 0 Å². The van der Waals surface area contributed by atoms with Crippen LogP contribution in [0.2, 0.25) is 0 Å². The van der Waals surface area contributed by atoms with Crippen molar-refractivity contribution in [3.05, 3.63) is 51.1 Å². The van der Waals surface area contributed by atoms with E-state index in [-0.39, 0.29) is 23.7 Å². The van der Waals surface area contributed by atoms with Gasteiger partial charge in [-0.15, -0.1) is 5.10 Å². The zero-order valence-corrected chi connectivity index (χ0v) is 20.9. The lowest BCUT2D eigenvalue weighted by atomic mass is 10.0. The summed E-state index contributed by atoms with van der Waals surface area (Å²) >= 11 is 0. The summed E-state index contributed by atoms with van der Waals surface area (Å²) in [5, 5.41) is 23.3. The number of aliphatic hydroxyl groups excluding tert-OH is 1. The second-order valence-electron chi connectivity index (χ2n) is 9.61. The number of rotatable bonds is 11. The Hall–Kier alpha value is -2.58. The van der Waals surface area contributed by atoms with Gasteiger partial charge in [0.15, 0.2) is 5.82 Å². The topological polar surface area (TPSA) is 99.9 Å². The lowest BCUT2D eigenvalue weighted by molar-refractivity contribution is 0.139. The van der Waals surface area contributed by atoms with E-state index in [2.05, 4.69) is 73.0 Å². The largest absolute Gasteiger partial charge is 0.396 e. The first-order valence-corrected chi connectivity index (χ1v) is 12.0. The van der Waals surface area contributed by atoms with Crippen molar-refractivity contribution in [3.63, 3.8) is 0 Å². The average Bonchev–Trinajstić information content (AvgIpc) is 3.27. The molecule has 0 bridgehead atoms.